The fourth-order valence-corrected chi connectivity index (χ4v) is 4.69. The van der Waals surface area contributed by atoms with Gasteiger partial charge in [-0.25, -0.2) is 0 Å². The Morgan fingerprint density at radius 1 is 1.25 bits per heavy atom. The Balaban J connectivity index is 1.63. The second kappa shape index (κ2) is 5.90. The first-order valence-corrected chi connectivity index (χ1v) is 8.46. The number of ether oxygens (including phenoxy) is 1. The Morgan fingerprint density at radius 2 is 1.95 bits per heavy atom. The van der Waals surface area contributed by atoms with Gasteiger partial charge in [0.2, 0.25) is 0 Å². The average molecular weight is 290 g/mol. The molecule has 1 heterocycles. The van der Waals surface area contributed by atoms with Crippen LogP contribution in [-0.2, 0) is 4.74 Å². The molecule has 1 aromatic carbocycles. The van der Waals surface area contributed by atoms with Gasteiger partial charge in [0.1, 0.15) is 0 Å². The zero-order chi connectivity index (χ0) is 14.0. The maximum atomic E-state index is 11.3. The van der Waals surface area contributed by atoms with E-state index in [2.05, 4.69) is 12.1 Å². The van der Waals surface area contributed by atoms with Gasteiger partial charge in [-0.3, -0.25) is 4.79 Å². The minimum Gasteiger partial charge on any atom is -0.375 e. The molecule has 1 saturated heterocycles. The van der Waals surface area contributed by atoms with E-state index >= 15 is 0 Å². The first-order chi connectivity index (χ1) is 9.67. The molecule has 0 amide bonds. The molecule has 108 valence electrons. The van der Waals surface area contributed by atoms with Gasteiger partial charge in [-0.1, -0.05) is 25.0 Å². The lowest BCUT2D eigenvalue weighted by Gasteiger charge is -2.38. The van der Waals surface area contributed by atoms with E-state index < -0.39 is 0 Å². The molecule has 20 heavy (non-hydrogen) atoms. The molecule has 1 aliphatic carbocycles. The summed E-state index contributed by atoms with van der Waals surface area (Å²) in [4.78, 5) is 12.6. The molecule has 1 spiro atoms. The van der Waals surface area contributed by atoms with Crippen LogP contribution in [0.1, 0.15) is 55.8 Å². The zero-order valence-corrected chi connectivity index (χ0v) is 12.9. The molecule has 0 aromatic heterocycles. The van der Waals surface area contributed by atoms with E-state index in [1.54, 1.807) is 6.92 Å². The van der Waals surface area contributed by atoms with Crippen LogP contribution in [0.5, 0.6) is 0 Å². The van der Waals surface area contributed by atoms with Gasteiger partial charge >= 0.3 is 0 Å². The lowest BCUT2D eigenvalue weighted by atomic mass is 9.92. The molecule has 0 bridgehead atoms. The predicted molar refractivity (Wildman–Crippen MR) is 82.5 cm³/mol. The lowest BCUT2D eigenvalue weighted by Crippen LogP contribution is -2.38. The number of thioether (sulfide) groups is 1. The third-order valence-electron chi connectivity index (χ3n) is 4.53. The third kappa shape index (κ3) is 3.09. The molecule has 3 heteroatoms. The Bertz CT molecular complexity index is 474. The van der Waals surface area contributed by atoms with E-state index in [-0.39, 0.29) is 11.4 Å². The molecule has 1 saturated carbocycles. The zero-order valence-electron chi connectivity index (χ0n) is 12.1. The highest BCUT2D eigenvalue weighted by molar-refractivity contribution is 8.00. The third-order valence-corrected chi connectivity index (χ3v) is 5.81. The van der Waals surface area contributed by atoms with Gasteiger partial charge in [0.05, 0.1) is 5.60 Å². The molecule has 1 aliphatic heterocycles. The van der Waals surface area contributed by atoms with Crippen LogP contribution in [-0.4, -0.2) is 23.2 Å². The van der Waals surface area contributed by atoms with Gasteiger partial charge in [-0.05, 0) is 44.7 Å². The van der Waals surface area contributed by atoms with E-state index in [1.807, 2.05) is 23.9 Å². The molecular weight excluding hydrogens is 268 g/mol. The molecule has 0 radical (unpaired) electrons. The summed E-state index contributed by atoms with van der Waals surface area (Å²) in [6.45, 7) is 2.52. The van der Waals surface area contributed by atoms with E-state index in [0.717, 1.165) is 18.6 Å². The second-order valence-corrected chi connectivity index (χ2v) is 7.43. The summed E-state index contributed by atoms with van der Waals surface area (Å²) >= 11 is 1.95. The van der Waals surface area contributed by atoms with Crippen molar-refractivity contribution in [3.05, 3.63) is 29.8 Å². The summed E-state index contributed by atoms with van der Waals surface area (Å²) in [5, 5.41) is 0.657. The Hall–Kier alpha value is -0.800. The van der Waals surface area contributed by atoms with Crippen molar-refractivity contribution in [2.75, 3.05) is 6.61 Å². The number of rotatable bonds is 3. The van der Waals surface area contributed by atoms with Crippen molar-refractivity contribution in [2.24, 2.45) is 0 Å². The maximum Gasteiger partial charge on any atom is 0.159 e. The molecule has 0 N–H and O–H groups in total. The standard InChI is InChI=1S/C17H22O2S/c1-13(18)14-4-6-15(7-5-14)20-16-8-11-19-17(12-16)9-2-3-10-17/h4-7,16H,2-3,8-12H2,1H3. The maximum absolute atomic E-state index is 11.3. The summed E-state index contributed by atoms with van der Waals surface area (Å²) in [6.07, 6.45) is 7.46. The fourth-order valence-electron chi connectivity index (χ4n) is 3.41. The molecule has 1 aromatic rings. The Labute approximate surface area is 125 Å². The molecule has 2 nitrogen and oxygen atoms in total. The smallest absolute Gasteiger partial charge is 0.159 e. The molecule has 3 rings (SSSR count). The first-order valence-electron chi connectivity index (χ1n) is 7.59. The molecule has 2 aliphatic rings. The van der Waals surface area contributed by atoms with Crippen molar-refractivity contribution in [1.29, 1.82) is 0 Å². The largest absolute Gasteiger partial charge is 0.375 e. The molecule has 2 fully saturated rings. The minimum absolute atomic E-state index is 0.137. The van der Waals surface area contributed by atoms with Gasteiger partial charge in [-0.15, -0.1) is 11.8 Å². The van der Waals surface area contributed by atoms with Crippen molar-refractivity contribution in [1.82, 2.24) is 0 Å². The van der Waals surface area contributed by atoms with Crippen molar-refractivity contribution in [2.45, 2.75) is 61.2 Å². The van der Waals surface area contributed by atoms with Gasteiger partial charge in [-0.2, -0.15) is 0 Å². The fraction of sp³-hybridized carbons (Fsp3) is 0.588. The topological polar surface area (TPSA) is 26.3 Å². The van der Waals surface area contributed by atoms with E-state index in [0.29, 0.717) is 5.25 Å². The van der Waals surface area contributed by atoms with Crippen LogP contribution in [0, 0.1) is 0 Å². The number of benzene rings is 1. The highest BCUT2D eigenvalue weighted by Gasteiger charge is 2.40. The van der Waals surface area contributed by atoms with Crippen molar-refractivity contribution < 1.29 is 9.53 Å². The van der Waals surface area contributed by atoms with Crippen LogP contribution in [0.3, 0.4) is 0 Å². The van der Waals surface area contributed by atoms with E-state index in [4.69, 9.17) is 4.74 Å². The number of ketones is 1. The Morgan fingerprint density at radius 3 is 2.60 bits per heavy atom. The van der Waals surface area contributed by atoms with Gasteiger partial charge in [0.25, 0.3) is 0 Å². The number of carbonyl (C=O) groups is 1. The summed E-state index contributed by atoms with van der Waals surface area (Å²) in [5.74, 6) is 0.137. The van der Waals surface area contributed by atoms with E-state index in [9.17, 15) is 4.79 Å². The second-order valence-electron chi connectivity index (χ2n) is 6.05. The van der Waals surface area contributed by atoms with Crippen molar-refractivity contribution in [3.8, 4) is 0 Å². The van der Waals surface area contributed by atoms with Gasteiger partial charge < -0.3 is 4.74 Å². The minimum atomic E-state index is 0.137. The van der Waals surface area contributed by atoms with Gasteiger partial charge in [0.15, 0.2) is 5.78 Å². The number of hydrogen-bond donors (Lipinski definition) is 0. The summed E-state index contributed by atoms with van der Waals surface area (Å²) in [5.41, 5.74) is 0.989. The predicted octanol–water partition coefficient (Wildman–Crippen LogP) is 4.47. The first kappa shape index (κ1) is 14.2. The number of Topliss-reactive ketones (excluding diaryl/α,β-unsaturated/α-hetero) is 1. The van der Waals surface area contributed by atoms with Crippen LogP contribution >= 0.6 is 11.8 Å². The summed E-state index contributed by atoms with van der Waals surface area (Å²) < 4.78 is 6.09. The quantitative estimate of drug-likeness (QED) is 0.768. The van der Waals surface area contributed by atoms with Crippen LogP contribution < -0.4 is 0 Å². The van der Waals surface area contributed by atoms with Crippen LogP contribution in [0.25, 0.3) is 0 Å². The van der Waals surface area contributed by atoms with Crippen LogP contribution in [0.4, 0.5) is 0 Å². The van der Waals surface area contributed by atoms with Crippen LogP contribution in [0.2, 0.25) is 0 Å². The number of carbonyl (C=O) groups excluding carboxylic acids is 1. The highest BCUT2D eigenvalue weighted by Crippen LogP contribution is 2.44. The molecule has 1 unspecified atom stereocenters. The molecular formula is C17H22O2S. The average Bonchev–Trinajstić information content (AvgIpc) is 2.87. The monoisotopic (exact) mass is 290 g/mol. The van der Waals surface area contributed by atoms with E-state index in [1.165, 1.54) is 37.0 Å². The van der Waals surface area contributed by atoms with Gasteiger partial charge in [0, 0.05) is 22.3 Å². The Kier molecular flexibility index (Phi) is 4.18. The highest BCUT2D eigenvalue weighted by atomic mass is 32.2. The summed E-state index contributed by atoms with van der Waals surface area (Å²) in [7, 11) is 0. The van der Waals surface area contributed by atoms with Crippen molar-refractivity contribution >= 4 is 17.5 Å². The summed E-state index contributed by atoms with van der Waals surface area (Å²) in [6, 6.07) is 8.04. The normalized spacial score (nSPS) is 24.9. The SMILES string of the molecule is CC(=O)c1ccc(SC2CCOC3(CCCC3)C2)cc1. The van der Waals surface area contributed by atoms with Crippen LogP contribution in [0.15, 0.2) is 29.2 Å². The van der Waals surface area contributed by atoms with Crippen molar-refractivity contribution in [3.63, 3.8) is 0 Å². The molecule has 1 atom stereocenters. The number of hydrogen-bond acceptors (Lipinski definition) is 3. The lowest BCUT2D eigenvalue weighted by molar-refractivity contribution is -0.0704.